The van der Waals surface area contributed by atoms with Crippen LogP contribution in [-0.2, 0) is 0 Å². The number of hydrogen-bond acceptors (Lipinski definition) is 2. The maximum Gasteiger partial charge on any atom is 0.316 e. The molecule has 0 radical (unpaired) electrons. The third-order valence-electron chi connectivity index (χ3n) is 3.59. The van der Waals surface area contributed by atoms with E-state index in [0.717, 1.165) is 17.7 Å². The van der Waals surface area contributed by atoms with Crippen LogP contribution < -0.4 is 10.6 Å². The van der Waals surface area contributed by atoms with Crippen LogP contribution in [0.4, 0.5) is 9.18 Å². The zero-order valence-electron chi connectivity index (χ0n) is 9.86. The van der Waals surface area contributed by atoms with Crippen LogP contribution in [0.3, 0.4) is 0 Å². The van der Waals surface area contributed by atoms with Crippen molar-refractivity contribution in [2.24, 2.45) is 5.92 Å². The van der Waals surface area contributed by atoms with Crippen LogP contribution in [0.5, 0.6) is 0 Å². The average Bonchev–Trinajstić information content (AvgIpc) is 2.38. The van der Waals surface area contributed by atoms with Crippen molar-refractivity contribution in [3.05, 3.63) is 35.6 Å². The first-order valence-corrected chi connectivity index (χ1v) is 7.23. The van der Waals surface area contributed by atoms with Crippen molar-refractivity contribution in [3.63, 3.8) is 0 Å². The molecular formula is C13H15FN2OS. The maximum absolute atomic E-state index is 13.0. The van der Waals surface area contributed by atoms with Gasteiger partial charge in [0, 0.05) is 5.92 Å². The zero-order chi connectivity index (χ0) is 12.5. The van der Waals surface area contributed by atoms with Crippen molar-refractivity contribution in [1.29, 1.82) is 0 Å². The van der Waals surface area contributed by atoms with Crippen LogP contribution in [-0.4, -0.2) is 17.2 Å². The number of halogens is 1. The molecule has 2 amide bonds. The molecule has 0 spiro atoms. The molecule has 1 aromatic rings. The zero-order valence-corrected chi connectivity index (χ0v) is 10.7. The van der Waals surface area contributed by atoms with Crippen molar-refractivity contribution in [1.82, 2.24) is 10.6 Å². The van der Waals surface area contributed by atoms with Crippen LogP contribution in [0.25, 0.3) is 0 Å². The molecule has 0 unspecified atom stereocenters. The van der Waals surface area contributed by atoms with E-state index < -0.39 is 0 Å². The molecule has 2 aliphatic heterocycles. The monoisotopic (exact) mass is 266 g/mol. The van der Waals surface area contributed by atoms with Gasteiger partial charge < -0.3 is 10.6 Å². The number of nitrogens with one attached hydrogen (secondary N) is 2. The molecule has 2 N–H and O–H groups in total. The second-order valence-corrected chi connectivity index (χ2v) is 5.99. The summed E-state index contributed by atoms with van der Waals surface area (Å²) in [7, 11) is 0. The lowest BCUT2D eigenvalue weighted by molar-refractivity contribution is 0.203. The minimum Gasteiger partial charge on any atom is -0.331 e. The van der Waals surface area contributed by atoms with Gasteiger partial charge in [0.2, 0.25) is 0 Å². The highest BCUT2D eigenvalue weighted by Gasteiger charge is 2.38. The summed E-state index contributed by atoms with van der Waals surface area (Å²) >= 11 is 1.81. The predicted octanol–water partition coefficient (Wildman–Crippen LogP) is 2.65. The molecule has 0 saturated carbocycles. The number of amides is 2. The number of urea groups is 1. The number of rotatable bonds is 1. The molecule has 2 aliphatic rings. The Morgan fingerprint density at radius 2 is 2.00 bits per heavy atom. The minimum atomic E-state index is -0.242. The van der Waals surface area contributed by atoms with E-state index in [1.807, 2.05) is 0 Å². The fourth-order valence-electron chi connectivity index (χ4n) is 2.71. The van der Waals surface area contributed by atoms with E-state index in [0.29, 0.717) is 5.92 Å². The van der Waals surface area contributed by atoms with E-state index in [9.17, 15) is 9.18 Å². The van der Waals surface area contributed by atoms with Gasteiger partial charge in [-0.25, -0.2) is 9.18 Å². The van der Waals surface area contributed by atoms with E-state index in [1.165, 1.54) is 18.6 Å². The van der Waals surface area contributed by atoms with Gasteiger partial charge in [0.05, 0.1) is 11.4 Å². The Bertz CT molecular complexity index is 451. The molecule has 1 aromatic carbocycles. The first-order valence-electron chi connectivity index (χ1n) is 6.18. The number of carbonyl (C=O) groups is 1. The van der Waals surface area contributed by atoms with Gasteiger partial charge in [-0.05, 0) is 36.3 Å². The van der Waals surface area contributed by atoms with Crippen LogP contribution in [0.1, 0.15) is 24.4 Å². The highest BCUT2D eigenvalue weighted by molar-refractivity contribution is 7.99. The molecule has 0 aliphatic carbocycles. The van der Waals surface area contributed by atoms with Gasteiger partial charge in [-0.1, -0.05) is 12.1 Å². The average molecular weight is 266 g/mol. The molecule has 0 bridgehead atoms. The summed E-state index contributed by atoms with van der Waals surface area (Å²) in [5.74, 6) is 1.23. The smallest absolute Gasteiger partial charge is 0.316 e. The van der Waals surface area contributed by atoms with Gasteiger partial charge >= 0.3 is 6.03 Å². The Labute approximate surface area is 110 Å². The number of carbonyl (C=O) groups excluding carboxylic acids is 1. The first kappa shape index (κ1) is 11.8. The third kappa shape index (κ3) is 2.19. The van der Waals surface area contributed by atoms with E-state index in [4.69, 9.17) is 0 Å². The summed E-state index contributed by atoms with van der Waals surface area (Å²) in [4.78, 5) is 11.7. The molecular weight excluding hydrogens is 251 g/mol. The normalized spacial score (nSPS) is 31.2. The number of thioether (sulfide) groups is 1. The summed E-state index contributed by atoms with van der Waals surface area (Å²) in [6.07, 6.45) is 2.26. The molecule has 5 heteroatoms. The summed E-state index contributed by atoms with van der Waals surface area (Å²) in [6.45, 7) is 0. The first-order chi connectivity index (χ1) is 8.74. The maximum atomic E-state index is 13.0. The van der Waals surface area contributed by atoms with Crippen molar-refractivity contribution < 1.29 is 9.18 Å². The number of hydrogen-bond donors (Lipinski definition) is 2. The van der Waals surface area contributed by atoms with Gasteiger partial charge in [0.15, 0.2) is 0 Å². The fraction of sp³-hybridized carbons (Fsp3) is 0.462. The van der Waals surface area contributed by atoms with Crippen molar-refractivity contribution in [2.75, 3.05) is 5.75 Å². The van der Waals surface area contributed by atoms with Crippen LogP contribution in [0.2, 0.25) is 0 Å². The van der Waals surface area contributed by atoms with Gasteiger partial charge in [-0.3, -0.25) is 0 Å². The Morgan fingerprint density at radius 1 is 1.22 bits per heavy atom. The standard InChI is InChI=1S/C13H15FN2OS/c14-9-5-3-8(4-6-9)11-10-2-1-7-18-12(10)16-13(17)15-11/h3-6,10-12H,1-2,7H2,(H2,15,16,17)/t10-,11-,12-/m0/s1. The SMILES string of the molecule is O=C1N[C@H]2SCCC[C@H]2[C@H](c2ccc(F)cc2)N1. The van der Waals surface area contributed by atoms with Crippen LogP contribution in [0, 0.1) is 11.7 Å². The van der Waals surface area contributed by atoms with Crippen molar-refractivity contribution >= 4 is 17.8 Å². The largest absolute Gasteiger partial charge is 0.331 e. The minimum absolute atomic E-state index is 0.00264. The highest BCUT2D eigenvalue weighted by atomic mass is 32.2. The van der Waals surface area contributed by atoms with E-state index >= 15 is 0 Å². The second kappa shape index (κ2) is 4.80. The van der Waals surface area contributed by atoms with E-state index in [2.05, 4.69) is 10.6 Å². The van der Waals surface area contributed by atoms with Crippen LogP contribution in [0.15, 0.2) is 24.3 Å². The molecule has 3 rings (SSSR count). The second-order valence-electron chi connectivity index (χ2n) is 4.74. The summed E-state index contributed by atoms with van der Waals surface area (Å²) < 4.78 is 13.0. The van der Waals surface area contributed by atoms with Crippen LogP contribution >= 0.6 is 11.8 Å². The summed E-state index contributed by atoms with van der Waals surface area (Å²) in [5.41, 5.74) is 0.990. The Hall–Kier alpha value is -1.23. The van der Waals surface area contributed by atoms with Gasteiger partial charge in [0.1, 0.15) is 5.82 Å². The third-order valence-corrected chi connectivity index (χ3v) is 4.94. The molecule has 2 heterocycles. The molecule has 2 saturated heterocycles. The quantitative estimate of drug-likeness (QED) is 0.820. The Morgan fingerprint density at radius 3 is 2.78 bits per heavy atom. The Balaban J connectivity index is 1.88. The molecule has 0 aromatic heterocycles. The molecule has 18 heavy (non-hydrogen) atoms. The summed E-state index contributed by atoms with van der Waals surface area (Å²) in [6, 6.07) is 6.31. The van der Waals surface area contributed by atoms with E-state index in [1.54, 1.807) is 23.9 Å². The highest BCUT2D eigenvalue weighted by Crippen LogP contribution is 2.39. The van der Waals surface area contributed by atoms with E-state index in [-0.39, 0.29) is 23.3 Å². The molecule has 96 valence electrons. The predicted molar refractivity (Wildman–Crippen MR) is 69.8 cm³/mol. The number of fused-ring (bicyclic) bond motifs is 1. The lowest BCUT2D eigenvalue weighted by atomic mass is 9.87. The van der Waals surface area contributed by atoms with Gasteiger partial charge in [-0.2, -0.15) is 0 Å². The molecule has 3 nitrogen and oxygen atoms in total. The Kier molecular flexibility index (Phi) is 3.16. The van der Waals surface area contributed by atoms with Crippen molar-refractivity contribution in [2.45, 2.75) is 24.3 Å². The lowest BCUT2D eigenvalue weighted by Crippen LogP contribution is -2.56. The summed E-state index contributed by atoms with van der Waals surface area (Å²) in [5, 5.41) is 6.12. The van der Waals surface area contributed by atoms with Crippen molar-refractivity contribution in [3.8, 4) is 0 Å². The fourth-order valence-corrected chi connectivity index (χ4v) is 4.03. The lowest BCUT2D eigenvalue weighted by Gasteiger charge is -2.41. The number of benzene rings is 1. The molecule has 3 atom stereocenters. The molecule has 2 fully saturated rings. The van der Waals surface area contributed by atoms with Gasteiger partial charge in [-0.15, -0.1) is 11.8 Å². The van der Waals surface area contributed by atoms with Gasteiger partial charge in [0.25, 0.3) is 0 Å². The topological polar surface area (TPSA) is 41.1 Å².